The quantitative estimate of drug-likeness (QED) is 0.455. The zero-order valence-corrected chi connectivity index (χ0v) is 19.7. The fraction of sp³-hybridized carbons (Fsp3) is 0.208. The second-order valence-electron chi connectivity index (χ2n) is 8.66. The van der Waals surface area contributed by atoms with E-state index in [4.69, 9.17) is 16.7 Å². The fourth-order valence-corrected chi connectivity index (χ4v) is 6.55. The molecule has 4 aromatic rings. The van der Waals surface area contributed by atoms with Gasteiger partial charge in [0.1, 0.15) is 11.5 Å². The first-order chi connectivity index (χ1) is 16.1. The van der Waals surface area contributed by atoms with Crippen molar-refractivity contribution in [1.29, 1.82) is 0 Å². The number of carbonyl (C=O) groups excluding carboxylic acids is 1. The molecular formula is C24H20ClFN4O3S. The molecule has 3 heterocycles. The van der Waals surface area contributed by atoms with Crippen molar-refractivity contribution in [2.24, 2.45) is 0 Å². The Morgan fingerprint density at radius 3 is 2.65 bits per heavy atom. The summed E-state index contributed by atoms with van der Waals surface area (Å²) in [6.07, 6.45) is 1.45. The Morgan fingerprint density at radius 2 is 1.97 bits per heavy atom. The maximum atomic E-state index is 13.5. The Balaban J connectivity index is 1.62. The molecule has 7 nitrogen and oxygen atoms in total. The molecule has 1 fully saturated rings. The average molecular weight is 499 g/mol. The molecule has 1 N–H and O–H groups in total. The number of benzene rings is 2. The van der Waals surface area contributed by atoms with Gasteiger partial charge in [-0.05, 0) is 49.7 Å². The van der Waals surface area contributed by atoms with Gasteiger partial charge in [0.15, 0.2) is 15.7 Å². The molecule has 10 heteroatoms. The van der Waals surface area contributed by atoms with Crippen LogP contribution in [0.5, 0.6) is 0 Å². The number of nitrogens with zero attached hydrogens (tertiary/aromatic N) is 3. The number of amides is 1. The molecule has 1 amide bonds. The van der Waals surface area contributed by atoms with Gasteiger partial charge in [-0.15, -0.1) is 0 Å². The summed E-state index contributed by atoms with van der Waals surface area (Å²) in [7, 11) is -3.17. The van der Waals surface area contributed by atoms with Crippen molar-refractivity contribution in [3.05, 3.63) is 77.2 Å². The summed E-state index contributed by atoms with van der Waals surface area (Å²) in [5.74, 6) is -0.544. The highest BCUT2D eigenvalue weighted by Crippen LogP contribution is 2.34. The van der Waals surface area contributed by atoms with E-state index >= 15 is 0 Å². The van der Waals surface area contributed by atoms with Crippen LogP contribution in [0.3, 0.4) is 0 Å². The number of sulfone groups is 1. The Bertz CT molecular complexity index is 1540. The minimum Gasteiger partial charge on any atom is -0.346 e. The van der Waals surface area contributed by atoms with Crippen molar-refractivity contribution >= 4 is 38.2 Å². The molecule has 1 saturated heterocycles. The Morgan fingerprint density at radius 1 is 1.18 bits per heavy atom. The number of nitrogens with one attached hydrogen (secondary N) is 1. The van der Waals surface area contributed by atoms with Crippen LogP contribution in [0.2, 0.25) is 5.02 Å². The first-order valence-corrected chi connectivity index (χ1v) is 12.8. The topological polar surface area (TPSA) is 93.9 Å². The summed E-state index contributed by atoms with van der Waals surface area (Å²) in [5.41, 5.74) is 1.38. The molecule has 0 saturated carbocycles. The maximum absolute atomic E-state index is 13.5. The van der Waals surface area contributed by atoms with Crippen LogP contribution in [0.15, 0.2) is 60.8 Å². The number of hydrogen-bond donors (Lipinski definition) is 1. The summed E-state index contributed by atoms with van der Waals surface area (Å²) >= 11 is 6.42. The minimum atomic E-state index is -3.17. The van der Waals surface area contributed by atoms with Crippen molar-refractivity contribution in [3.63, 3.8) is 0 Å². The molecule has 5 rings (SSSR count). The third-order valence-electron chi connectivity index (χ3n) is 5.92. The first-order valence-electron chi connectivity index (χ1n) is 10.6. The molecule has 1 aliphatic rings. The van der Waals surface area contributed by atoms with Crippen LogP contribution in [-0.4, -0.2) is 46.1 Å². The molecule has 0 spiro atoms. The summed E-state index contributed by atoms with van der Waals surface area (Å²) in [5, 5.41) is 8.80. The average Bonchev–Trinajstić information content (AvgIpc) is 3.30. The van der Waals surface area contributed by atoms with Gasteiger partial charge in [-0.1, -0.05) is 29.8 Å². The Kier molecular flexibility index (Phi) is 5.41. The molecule has 1 aliphatic heterocycles. The lowest BCUT2D eigenvalue weighted by Gasteiger charge is -2.23. The van der Waals surface area contributed by atoms with Crippen LogP contribution in [0.1, 0.15) is 23.7 Å². The molecule has 0 aliphatic carbocycles. The van der Waals surface area contributed by atoms with Gasteiger partial charge in [0.05, 0.1) is 33.8 Å². The third-order valence-corrected chi connectivity index (χ3v) is 8.15. The van der Waals surface area contributed by atoms with Gasteiger partial charge in [0.2, 0.25) is 0 Å². The minimum absolute atomic E-state index is 0.0486. The number of aromatic nitrogens is 3. The highest BCUT2D eigenvalue weighted by atomic mass is 35.5. The molecule has 2 aromatic heterocycles. The standard InChI is InChI=1S/C24H20ClFN4O3S/c1-24(10-11-34(32,33)14-24)28-23(31)15-6-8-18-20(12-15)30(21-9-7-16(26)13-27-21)29-22(18)17-4-2-3-5-19(17)25/h2-9,12-13H,10-11,14H2,1H3,(H,28,31)/t24-/m1/s1. The number of carbonyl (C=O) groups is 1. The van der Waals surface area contributed by atoms with E-state index in [1.807, 2.05) is 18.2 Å². The van der Waals surface area contributed by atoms with Gasteiger partial charge in [0.25, 0.3) is 5.91 Å². The number of hydrogen-bond acceptors (Lipinski definition) is 5. The second kappa shape index (κ2) is 8.18. The zero-order chi connectivity index (χ0) is 24.1. The molecule has 0 bridgehead atoms. The lowest BCUT2D eigenvalue weighted by molar-refractivity contribution is 0.0915. The van der Waals surface area contributed by atoms with E-state index in [1.165, 1.54) is 16.8 Å². The van der Waals surface area contributed by atoms with E-state index in [9.17, 15) is 17.6 Å². The molecule has 2 aromatic carbocycles. The highest BCUT2D eigenvalue weighted by molar-refractivity contribution is 7.91. The number of fused-ring (bicyclic) bond motifs is 1. The number of pyridine rings is 1. The van der Waals surface area contributed by atoms with Crippen molar-refractivity contribution in [3.8, 4) is 17.1 Å². The van der Waals surface area contributed by atoms with Gasteiger partial charge in [-0.25, -0.2) is 22.5 Å². The van der Waals surface area contributed by atoms with Gasteiger partial charge in [0, 0.05) is 16.5 Å². The maximum Gasteiger partial charge on any atom is 0.251 e. The van der Waals surface area contributed by atoms with Crippen molar-refractivity contribution in [1.82, 2.24) is 20.1 Å². The molecule has 34 heavy (non-hydrogen) atoms. The third kappa shape index (κ3) is 4.17. The molecule has 174 valence electrons. The summed E-state index contributed by atoms with van der Waals surface area (Å²) < 4.78 is 38.9. The second-order valence-corrected chi connectivity index (χ2v) is 11.3. The van der Waals surface area contributed by atoms with E-state index < -0.39 is 21.2 Å². The molecular weight excluding hydrogens is 479 g/mol. The van der Waals surface area contributed by atoms with Gasteiger partial charge in [-0.3, -0.25) is 4.79 Å². The van der Waals surface area contributed by atoms with Crippen LogP contribution in [0.25, 0.3) is 28.0 Å². The number of rotatable bonds is 4. The van der Waals surface area contributed by atoms with E-state index in [2.05, 4.69) is 10.3 Å². The Hall–Kier alpha value is -3.30. The van der Waals surface area contributed by atoms with Crippen LogP contribution in [0.4, 0.5) is 4.39 Å². The van der Waals surface area contributed by atoms with Crippen molar-refractivity contribution in [2.75, 3.05) is 11.5 Å². The van der Waals surface area contributed by atoms with E-state index in [0.717, 1.165) is 11.6 Å². The van der Waals surface area contributed by atoms with Crippen molar-refractivity contribution < 1.29 is 17.6 Å². The number of halogens is 2. The normalized spacial score (nSPS) is 19.4. The van der Waals surface area contributed by atoms with Crippen LogP contribution >= 0.6 is 11.6 Å². The van der Waals surface area contributed by atoms with Gasteiger partial charge < -0.3 is 5.32 Å². The largest absolute Gasteiger partial charge is 0.346 e. The molecule has 0 radical (unpaired) electrons. The van der Waals surface area contributed by atoms with Crippen LogP contribution < -0.4 is 5.32 Å². The predicted molar refractivity (Wildman–Crippen MR) is 128 cm³/mol. The smallest absolute Gasteiger partial charge is 0.251 e. The van der Waals surface area contributed by atoms with E-state index in [0.29, 0.717) is 39.6 Å². The van der Waals surface area contributed by atoms with Crippen molar-refractivity contribution in [2.45, 2.75) is 18.9 Å². The summed E-state index contributed by atoms with van der Waals surface area (Å²) in [6, 6.07) is 15.1. The van der Waals surface area contributed by atoms with Crippen LogP contribution in [0, 0.1) is 5.82 Å². The molecule has 0 unspecified atom stereocenters. The lowest BCUT2D eigenvalue weighted by Crippen LogP contribution is -2.46. The Labute approximate surface area is 200 Å². The predicted octanol–water partition coefficient (Wildman–Crippen LogP) is 4.19. The monoisotopic (exact) mass is 498 g/mol. The lowest BCUT2D eigenvalue weighted by atomic mass is 10.0. The molecule has 1 atom stereocenters. The zero-order valence-electron chi connectivity index (χ0n) is 18.1. The van der Waals surface area contributed by atoms with Gasteiger partial charge in [-0.2, -0.15) is 5.10 Å². The SMILES string of the molecule is C[C@@]1(NC(=O)c2ccc3c(-c4ccccc4Cl)nn(-c4ccc(F)cn4)c3c2)CCS(=O)(=O)C1. The van der Waals surface area contributed by atoms with Crippen LogP contribution in [-0.2, 0) is 9.84 Å². The fourth-order valence-electron chi connectivity index (χ4n) is 4.23. The highest BCUT2D eigenvalue weighted by Gasteiger charge is 2.39. The summed E-state index contributed by atoms with van der Waals surface area (Å²) in [4.78, 5) is 17.2. The van der Waals surface area contributed by atoms with Gasteiger partial charge >= 0.3 is 0 Å². The van der Waals surface area contributed by atoms with E-state index in [1.54, 1.807) is 31.2 Å². The summed E-state index contributed by atoms with van der Waals surface area (Å²) in [6.45, 7) is 1.73. The van der Waals surface area contributed by atoms with E-state index in [-0.39, 0.29) is 17.4 Å². The first kappa shape index (κ1) is 22.5.